The second kappa shape index (κ2) is 4.90. The maximum absolute atomic E-state index is 12.4. The van der Waals surface area contributed by atoms with Gasteiger partial charge in [0.15, 0.2) is 5.78 Å². The van der Waals surface area contributed by atoms with Crippen molar-refractivity contribution in [2.45, 2.75) is 53.0 Å². The summed E-state index contributed by atoms with van der Waals surface area (Å²) in [6, 6.07) is 6.29. The highest BCUT2D eigenvalue weighted by molar-refractivity contribution is 5.99. The minimum absolute atomic E-state index is 0.0526. The van der Waals surface area contributed by atoms with Gasteiger partial charge >= 0.3 is 0 Å². The van der Waals surface area contributed by atoms with Crippen molar-refractivity contribution in [3.8, 4) is 0 Å². The third-order valence-electron chi connectivity index (χ3n) is 4.44. The first-order valence-corrected chi connectivity index (χ1v) is 7.64. The quantitative estimate of drug-likeness (QED) is 0.840. The molecule has 3 rings (SSSR count). The minimum Gasteiger partial charge on any atom is -0.469 e. The van der Waals surface area contributed by atoms with Crippen molar-refractivity contribution in [2.75, 3.05) is 0 Å². The predicted molar refractivity (Wildman–Crippen MR) is 82.7 cm³/mol. The molecule has 2 aromatic rings. The highest BCUT2D eigenvalue weighted by Gasteiger charge is 2.34. The first-order valence-electron chi connectivity index (χ1n) is 7.64. The molecule has 1 atom stereocenters. The predicted octanol–water partition coefficient (Wildman–Crippen LogP) is 4.35. The van der Waals surface area contributed by atoms with Crippen molar-refractivity contribution < 1.29 is 9.21 Å². The van der Waals surface area contributed by atoms with E-state index in [0.717, 1.165) is 24.2 Å². The van der Waals surface area contributed by atoms with Crippen LogP contribution in [-0.2, 0) is 12.8 Å². The van der Waals surface area contributed by atoms with Crippen LogP contribution in [0.4, 0.5) is 0 Å². The topological polar surface area (TPSA) is 35.1 Å². The maximum atomic E-state index is 12.4. The highest BCUT2D eigenvalue weighted by Crippen LogP contribution is 2.37. The van der Waals surface area contributed by atoms with Crippen molar-refractivity contribution in [1.82, 2.24) is 4.57 Å². The van der Waals surface area contributed by atoms with Crippen LogP contribution >= 0.6 is 0 Å². The molecule has 2 heterocycles. The number of furan rings is 1. The van der Waals surface area contributed by atoms with E-state index in [1.54, 1.807) is 6.26 Å². The lowest BCUT2D eigenvalue weighted by Crippen LogP contribution is -2.29. The van der Waals surface area contributed by atoms with E-state index in [2.05, 4.69) is 38.3 Å². The average Bonchev–Trinajstić information content (AvgIpc) is 2.95. The second-order valence-corrected chi connectivity index (χ2v) is 7.09. The number of nitrogens with zero attached hydrogens (tertiary/aromatic N) is 1. The Morgan fingerprint density at radius 1 is 1.38 bits per heavy atom. The van der Waals surface area contributed by atoms with Gasteiger partial charge in [-0.1, -0.05) is 13.8 Å². The van der Waals surface area contributed by atoms with Gasteiger partial charge in [0.05, 0.1) is 6.26 Å². The minimum atomic E-state index is 0.0526. The lowest BCUT2D eigenvalue weighted by Gasteiger charge is -2.31. The number of hydrogen-bond acceptors (Lipinski definition) is 2. The summed E-state index contributed by atoms with van der Waals surface area (Å²) in [6.45, 7) is 8.65. The molecule has 0 saturated heterocycles. The Hall–Kier alpha value is -1.77. The van der Waals surface area contributed by atoms with Gasteiger partial charge in [-0.05, 0) is 43.9 Å². The first-order chi connectivity index (χ1) is 9.87. The van der Waals surface area contributed by atoms with Gasteiger partial charge in [-0.15, -0.1) is 0 Å². The number of rotatable bonds is 3. The van der Waals surface area contributed by atoms with E-state index in [4.69, 9.17) is 4.42 Å². The monoisotopic (exact) mass is 285 g/mol. The summed E-state index contributed by atoms with van der Waals surface area (Å²) in [4.78, 5) is 12.4. The molecule has 21 heavy (non-hydrogen) atoms. The normalized spacial score (nSPS) is 18.6. The van der Waals surface area contributed by atoms with Gasteiger partial charge in [0.2, 0.25) is 0 Å². The zero-order valence-corrected chi connectivity index (χ0v) is 13.3. The Labute approximate surface area is 126 Å². The first kappa shape index (κ1) is 14.2. The molecular formula is C18H23NO2. The molecule has 0 fully saturated rings. The van der Waals surface area contributed by atoms with Crippen molar-refractivity contribution in [2.24, 2.45) is 5.41 Å². The fraction of sp³-hybridized carbons (Fsp3) is 0.500. The van der Waals surface area contributed by atoms with Gasteiger partial charge in [-0.2, -0.15) is 0 Å². The summed E-state index contributed by atoms with van der Waals surface area (Å²) < 4.78 is 7.80. The van der Waals surface area contributed by atoms with Crippen LogP contribution < -0.4 is 0 Å². The lowest BCUT2D eigenvalue weighted by atomic mass is 9.76. The summed E-state index contributed by atoms with van der Waals surface area (Å²) in [5, 5.41) is 0. The molecule has 0 aliphatic heterocycles. The van der Waals surface area contributed by atoms with Crippen molar-refractivity contribution in [1.29, 1.82) is 0 Å². The lowest BCUT2D eigenvalue weighted by molar-refractivity contribution is 0.0909. The van der Waals surface area contributed by atoms with Gasteiger partial charge < -0.3 is 8.98 Å². The number of carbonyl (C=O) groups excluding carboxylic acids is 1. The average molecular weight is 285 g/mol. The fourth-order valence-corrected chi connectivity index (χ4v) is 3.60. The SMILES string of the molecule is Cc1cc2c(n1C(C)Cc1ccco1)CC(C)(C)CC2=O. The summed E-state index contributed by atoms with van der Waals surface area (Å²) in [6.07, 6.45) is 4.18. The summed E-state index contributed by atoms with van der Waals surface area (Å²) >= 11 is 0. The van der Waals surface area contributed by atoms with Crippen LogP contribution in [0.2, 0.25) is 0 Å². The van der Waals surface area contributed by atoms with Crippen molar-refractivity contribution in [3.05, 3.63) is 47.2 Å². The number of aromatic nitrogens is 1. The van der Waals surface area contributed by atoms with Gasteiger partial charge in [-0.3, -0.25) is 4.79 Å². The number of aryl methyl sites for hydroxylation is 1. The van der Waals surface area contributed by atoms with Crippen LogP contribution in [0.3, 0.4) is 0 Å². The Morgan fingerprint density at radius 2 is 2.14 bits per heavy atom. The van der Waals surface area contributed by atoms with Gasteiger partial charge in [-0.25, -0.2) is 0 Å². The zero-order chi connectivity index (χ0) is 15.2. The highest BCUT2D eigenvalue weighted by atomic mass is 16.3. The fourth-order valence-electron chi connectivity index (χ4n) is 3.60. The van der Waals surface area contributed by atoms with E-state index in [9.17, 15) is 4.79 Å². The molecular weight excluding hydrogens is 262 g/mol. The maximum Gasteiger partial charge on any atom is 0.165 e. The van der Waals surface area contributed by atoms with E-state index in [1.165, 1.54) is 11.4 Å². The van der Waals surface area contributed by atoms with E-state index in [-0.39, 0.29) is 11.2 Å². The molecule has 0 aromatic carbocycles. The van der Waals surface area contributed by atoms with Crippen LogP contribution in [0.15, 0.2) is 28.9 Å². The number of carbonyl (C=O) groups is 1. The Balaban J connectivity index is 1.98. The van der Waals surface area contributed by atoms with Crippen LogP contribution in [0, 0.1) is 12.3 Å². The molecule has 0 N–H and O–H groups in total. The molecule has 1 aliphatic carbocycles. The molecule has 0 saturated carbocycles. The molecule has 0 radical (unpaired) electrons. The Morgan fingerprint density at radius 3 is 2.81 bits per heavy atom. The molecule has 2 aromatic heterocycles. The zero-order valence-electron chi connectivity index (χ0n) is 13.3. The standard InChI is InChI=1S/C18H23NO2/c1-12(8-14-6-5-7-21-14)19-13(2)9-15-16(19)10-18(3,4)11-17(15)20/h5-7,9,12H,8,10-11H2,1-4H3. The van der Waals surface area contributed by atoms with E-state index in [0.29, 0.717) is 12.5 Å². The molecule has 3 heteroatoms. The van der Waals surface area contributed by atoms with Crippen molar-refractivity contribution >= 4 is 5.78 Å². The van der Waals surface area contributed by atoms with Crippen molar-refractivity contribution in [3.63, 3.8) is 0 Å². The van der Waals surface area contributed by atoms with Crippen LogP contribution in [0.25, 0.3) is 0 Å². The Bertz CT molecular complexity index is 662. The Kier molecular flexibility index (Phi) is 3.31. The third kappa shape index (κ3) is 2.57. The smallest absolute Gasteiger partial charge is 0.165 e. The molecule has 0 bridgehead atoms. The summed E-state index contributed by atoms with van der Waals surface area (Å²) in [5.74, 6) is 1.28. The van der Waals surface area contributed by atoms with Crippen LogP contribution in [0.1, 0.15) is 60.7 Å². The molecule has 3 nitrogen and oxygen atoms in total. The summed E-state index contributed by atoms with van der Waals surface area (Å²) in [5.41, 5.74) is 3.35. The molecule has 0 spiro atoms. The summed E-state index contributed by atoms with van der Waals surface area (Å²) in [7, 11) is 0. The van der Waals surface area contributed by atoms with E-state index in [1.807, 2.05) is 12.1 Å². The van der Waals surface area contributed by atoms with E-state index < -0.39 is 0 Å². The van der Waals surface area contributed by atoms with E-state index >= 15 is 0 Å². The van der Waals surface area contributed by atoms with Crippen LogP contribution in [0.5, 0.6) is 0 Å². The largest absolute Gasteiger partial charge is 0.469 e. The molecule has 1 unspecified atom stereocenters. The van der Waals surface area contributed by atoms with Gasteiger partial charge in [0, 0.05) is 35.8 Å². The second-order valence-electron chi connectivity index (χ2n) is 7.09. The number of hydrogen-bond donors (Lipinski definition) is 0. The molecule has 1 aliphatic rings. The molecule has 112 valence electrons. The van der Waals surface area contributed by atoms with Gasteiger partial charge in [0.1, 0.15) is 5.76 Å². The number of Topliss-reactive ketones (excluding diaryl/α,β-unsaturated/α-hetero) is 1. The van der Waals surface area contributed by atoms with Gasteiger partial charge in [0.25, 0.3) is 0 Å². The molecule has 0 amide bonds. The van der Waals surface area contributed by atoms with Crippen LogP contribution in [-0.4, -0.2) is 10.4 Å². The number of fused-ring (bicyclic) bond motifs is 1. The number of ketones is 1. The third-order valence-corrected chi connectivity index (χ3v) is 4.44.